The number of benzene rings is 2. The molecule has 160 valence electrons. The Morgan fingerprint density at radius 2 is 1.94 bits per heavy atom. The molecule has 0 saturated carbocycles. The van der Waals surface area contributed by atoms with E-state index < -0.39 is 12.0 Å². The van der Waals surface area contributed by atoms with E-state index in [9.17, 15) is 9.59 Å². The number of hydrogen-bond acceptors (Lipinski definition) is 4. The summed E-state index contributed by atoms with van der Waals surface area (Å²) in [5.74, 6) is -0.928. The van der Waals surface area contributed by atoms with E-state index in [1.54, 1.807) is 36.3 Å². The van der Waals surface area contributed by atoms with Crippen molar-refractivity contribution in [2.45, 2.75) is 12.0 Å². The second kappa shape index (κ2) is 9.40. The molecule has 2 atom stereocenters. The fourth-order valence-corrected chi connectivity index (χ4v) is 5.05. The van der Waals surface area contributed by atoms with E-state index in [1.807, 2.05) is 35.7 Å². The van der Waals surface area contributed by atoms with Crippen LogP contribution in [0, 0.1) is 0 Å². The number of nitrogens with zero attached hydrogens (tertiary/aromatic N) is 1. The topological polar surface area (TPSA) is 58.6 Å². The van der Waals surface area contributed by atoms with E-state index in [-0.39, 0.29) is 11.8 Å². The highest BCUT2D eigenvalue weighted by Gasteiger charge is 2.44. The second-order valence-corrected chi connectivity index (χ2v) is 8.93. The van der Waals surface area contributed by atoms with Gasteiger partial charge >= 0.3 is 0 Å². The molecule has 1 N–H and O–H groups in total. The van der Waals surface area contributed by atoms with Crippen LogP contribution in [0.4, 0.5) is 5.69 Å². The zero-order valence-electron chi connectivity index (χ0n) is 16.7. The van der Waals surface area contributed by atoms with Gasteiger partial charge in [0, 0.05) is 29.8 Å². The van der Waals surface area contributed by atoms with Crippen molar-refractivity contribution in [1.29, 1.82) is 0 Å². The molecule has 2 aromatic carbocycles. The monoisotopic (exact) mass is 474 g/mol. The maximum absolute atomic E-state index is 13.6. The molecular formula is C23H20Cl2N2O3S. The maximum Gasteiger partial charge on any atom is 0.254 e. The van der Waals surface area contributed by atoms with Gasteiger partial charge in [0.1, 0.15) is 0 Å². The summed E-state index contributed by atoms with van der Waals surface area (Å²) in [6.07, 6.45) is 0. The Hall–Kier alpha value is -2.38. The van der Waals surface area contributed by atoms with Gasteiger partial charge < -0.3 is 15.0 Å². The molecule has 2 amide bonds. The third kappa shape index (κ3) is 4.34. The highest BCUT2D eigenvalue weighted by Crippen LogP contribution is 2.44. The van der Waals surface area contributed by atoms with Crippen LogP contribution >= 0.6 is 34.5 Å². The van der Waals surface area contributed by atoms with E-state index in [0.717, 1.165) is 4.88 Å². The molecule has 0 bridgehead atoms. The van der Waals surface area contributed by atoms with Gasteiger partial charge in [-0.05, 0) is 41.3 Å². The van der Waals surface area contributed by atoms with E-state index in [4.69, 9.17) is 27.9 Å². The molecule has 0 spiro atoms. The van der Waals surface area contributed by atoms with Crippen molar-refractivity contribution in [3.05, 3.63) is 86.0 Å². The smallest absolute Gasteiger partial charge is 0.254 e. The summed E-state index contributed by atoms with van der Waals surface area (Å²) in [5, 5.41) is 5.67. The third-order valence-electron chi connectivity index (χ3n) is 5.28. The first-order chi connectivity index (χ1) is 15.0. The number of thiophene rings is 1. The molecule has 1 aromatic heterocycles. The van der Waals surface area contributed by atoms with Crippen molar-refractivity contribution < 1.29 is 14.3 Å². The number of ether oxygens (including phenoxy) is 1. The first kappa shape index (κ1) is 21.8. The summed E-state index contributed by atoms with van der Waals surface area (Å²) in [7, 11) is 1.59. The normalized spacial score (nSPS) is 18.0. The number of fused-ring (bicyclic) bond motifs is 1. The average Bonchev–Trinajstić information content (AvgIpc) is 3.30. The van der Waals surface area contributed by atoms with E-state index in [2.05, 4.69) is 5.32 Å². The minimum atomic E-state index is -0.598. The molecule has 0 saturated heterocycles. The van der Waals surface area contributed by atoms with Crippen molar-refractivity contribution in [1.82, 2.24) is 4.90 Å². The minimum Gasteiger partial charge on any atom is -0.383 e. The molecule has 8 heteroatoms. The summed E-state index contributed by atoms with van der Waals surface area (Å²) in [6.45, 7) is 0.750. The fraction of sp³-hybridized carbons (Fsp3) is 0.217. The Labute approximate surface area is 194 Å². The number of nitrogens with one attached hydrogen (secondary N) is 1. The number of rotatable bonds is 6. The first-order valence-corrected chi connectivity index (χ1v) is 11.3. The van der Waals surface area contributed by atoms with Crippen molar-refractivity contribution >= 4 is 52.0 Å². The van der Waals surface area contributed by atoms with Gasteiger partial charge in [-0.2, -0.15) is 0 Å². The van der Waals surface area contributed by atoms with E-state index in [0.29, 0.717) is 40.0 Å². The molecule has 3 aromatic rings. The fourth-order valence-electron chi connectivity index (χ4n) is 3.88. The van der Waals surface area contributed by atoms with Gasteiger partial charge in [0.15, 0.2) is 0 Å². The van der Waals surface area contributed by atoms with Gasteiger partial charge in [-0.3, -0.25) is 9.59 Å². The van der Waals surface area contributed by atoms with Crippen molar-refractivity contribution in [3.63, 3.8) is 0 Å². The molecule has 31 heavy (non-hydrogen) atoms. The quantitative estimate of drug-likeness (QED) is 0.504. The molecular weight excluding hydrogens is 455 g/mol. The predicted octanol–water partition coefficient (Wildman–Crippen LogP) is 5.62. The number of amides is 2. The van der Waals surface area contributed by atoms with E-state index >= 15 is 0 Å². The van der Waals surface area contributed by atoms with Crippen LogP contribution in [-0.2, 0) is 9.53 Å². The van der Waals surface area contributed by atoms with Crippen molar-refractivity contribution in [3.8, 4) is 0 Å². The van der Waals surface area contributed by atoms with Crippen LogP contribution in [-0.4, -0.2) is 37.0 Å². The van der Waals surface area contributed by atoms with Crippen LogP contribution in [0.2, 0.25) is 10.0 Å². The lowest BCUT2D eigenvalue weighted by molar-refractivity contribution is -0.119. The van der Waals surface area contributed by atoms with Gasteiger partial charge in [0.05, 0.1) is 28.6 Å². The largest absolute Gasteiger partial charge is 0.383 e. The number of carbonyl (C=O) groups is 2. The van der Waals surface area contributed by atoms with Crippen LogP contribution in [0.1, 0.15) is 32.8 Å². The zero-order chi connectivity index (χ0) is 22.0. The molecule has 4 rings (SSSR count). The molecule has 2 unspecified atom stereocenters. The van der Waals surface area contributed by atoms with Crippen LogP contribution in [0.25, 0.3) is 0 Å². The molecule has 0 aliphatic carbocycles. The maximum atomic E-state index is 13.6. The van der Waals surface area contributed by atoms with Crippen LogP contribution in [0.3, 0.4) is 0 Å². The van der Waals surface area contributed by atoms with Gasteiger partial charge in [0.25, 0.3) is 5.91 Å². The van der Waals surface area contributed by atoms with Gasteiger partial charge in [-0.1, -0.05) is 47.5 Å². The Bertz CT molecular complexity index is 1100. The number of methoxy groups -OCH3 is 1. The molecule has 0 radical (unpaired) electrons. The van der Waals surface area contributed by atoms with Crippen molar-refractivity contribution in [2.75, 3.05) is 25.6 Å². The summed E-state index contributed by atoms with van der Waals surface area (Å²) in [6, 6.07) is 15.7. The lowest BCUT2D eigenvalue weighted by atomic mass is 9.81. The van der Waals surface area contributed by atoms with Gasteiger partial charge in [-0.15, -0.1) is 11.3 Å². The Morgan fingerprint density at radius 3 is 2.65 bits per heavy atom. The lowest BCUT2D eigenvalue weighted by Gasteiger charge is -2.41. The summed E-state index contributed by atoms with van der Waals surface area (Å²) >= 11 is 13.7. The number of anilines is 1. The summed E-state index contributed by atoms with van der Waals surface area (Å²) in [5.41, 5.74) is 1.78. The highest BCUT2D eigenvalue weighted by atomic mass is 35.5. The van der Waals surface area contributed by atoms with Crippen molar-refractivity contribution in [2.24, 2.45) is 0 Å². The summed E-state index contributed by atoms with van der Waals surface area (Å²) in [4.78, 5) is 29.6. The van der Waals surface area contributed by atoms with Crippen LogP contribution in [0.15, 0.2) is 60.0 Å². The molecule has 0 fully saturated rings. The first-order valence-electron chi connectivity index (χ1n) is 9.69. The standard InChI is InChI=1S/C23H20Cl2N2O3S/c1-30-11-10-27-21(19-7-4-12-31-19)20(15-5-2-3-6-16(15)23(27)29)22(28)26-14-8-9-17(24)18(25)13-14/h2-9,12-13,20-21H,10-11H2,1H3,(H,26,28). The molecule has 5 nitrogen and oxygen atoms in total. The Morgan fingerprint density at radius 1 is 1.13 bits per heavy atom. The molecule has 2 heterocycles. The lowest BCUT2D eigenvalue weighted by Crippen LogP contribution is -2.47. The third-order valence-corrected chi connectivity index (χ3v) is 6.96. The second-order valence-electron chi connectivity index (χ2n) is 7.13. The predicted molar refractivity (Wildman–Crippen MR) is 124 cm³/mol. The zero-order valence-corrected chi connectivity index (χ0v) is 19.0. The Kier molecular flexibility index (Phi) is 6.62. The Balaban J connectivity index is 1.79. The average molecular weight is 475 g/mol. The number of hydrogen-bond donors (Lipinski definition) is 1. The van der Waals surface area contributed by atoms with Crippen LogP contribution < -0.4 is 5.32 Å². The highest BCUT2D eigenvalue weighted by molar-refractivity contribution is 7.10. The molecule has 1 aliphatic rings. The van der Waals surface area contributed by atoms with Gasteiger partial charge in [0.2, 0.25) is 5.91 Å². The van der Waals surface area contributed by atoms with Crippen LogP contribution in [0.5, 0.6) is 0 Å². The number of halogens is 2. The van der Waals surface area contributed by atoms with E-state index in [1.165, 1.54) is 11.3 Å². The van der Waals surface area contributed by atoms with Gasteiger partial charge in [-0.25, -0.2) is 0 Å². The SMILES string of the molecule is COCCN1C(=O)c2ccccc2C(C(=O)Nc2ccc(Cl)c(Cl)c2)C1c1cccs1. The summed E-state index contributed by atoms with van der Waals surface area (Å²) < 4.78 is 5.24. The minimum absolute atomic E-state index is 0.107. The molecule has 1 aliphatic heterocycles. The number of carbonyl (C=O) groups excluding carboxylic acids is 2.